The maximum absolute atomic E-state index is 13.4. The molecule has 96 valence electrons. The van der Waals surface area contributed by atoms with Gasteiger partial charge >= 0.3 is 0 Å². The summed E-state index contributed by atoms with van der Waals surface area (Å²) in [6.07, 6.45) is 2.20. The third kappa shape index (κ3) is 2.04. The SMILES string of the molecule is CN1CCC(c2csc3cc(F)c(F)cc23)CC1. The molecule has 0 aliphatic carbocycles. The van der Waals surface area contributed by atoms with Crippen LogP contribution in [-0.2, 0) is 0 Å². The predicted octanol–water partition coefficient (Wildman–Crippen LogP) is 3.99. The third-order valence-corrected chi connectivity index (χ3v) is 4.77. The monoisotopic (exact) mass is 267 g/mol. The number of benzene rings is 1. The molecule has 0 spiro atoms. The predicted molar refractivity (Wildman–Crippen MR) is 71.2 cm³/mol. The summed E-state index contributed by atoms with van der Waals surface area (Å²) in [5.41, 5.74) is 1.20. The molecule has 1 aromatic carbocycles. The van der Waals surface area contributed by atoms with Crippen molar-refractivity contribution in [2.45, 2.75) is 18.8 Å². The summed E-state index contributed by atoms with van der Waals surface area (Å²) in [6, 6.07) is 2.67. The van der Waals surface area contributed by atoms with Crippen LogP contribution in [0.4, 0.5) is 8.78 Å². The molecule has 0 unspecified atom stereocenters. The van der Waals surface area contributed by atoms with Crippen LogP contribution in [0.15, 0.2) is 17.5 Å². The molecular weight excluding hydrogens is 252 g/mol. The van der Waals surface area contributed by atoms with Crippen LogP contribution in [0.25, 0.3) is 10.1 Å². The number of fused-ring (bicyclic) bond motifs is 1. The smallest absolute Gasteiger partial charge is 0.160 e. The molecule has 0 radical (unpaired) electrons. The van der Waals surface area contributed by atoms with Crippen LogP contribution in [0.2, 0.25) is 0 Å². The first-order valence-corrected chi connectivity index (χ1v) is 7.08. The van der Waals surface area contributed by atoms with Crippen LogP contribution in [0, 0.1) is 11.6 Å². The lowest BCUT2D eigenvalue weighted by Gasteiger charge is -2.28. The molecule has 0 amide bonds. The molecule has 1 aliphatic heterocycles. The van der Waals surface area contributed by atoms with E-state index in [4.69, 9.17) is 0 Å². The molecule has 1 saturated heterocycles. The van der Waals surface area contributed by atoms with Gasteiger partial charge in [0.05, 0.1) is 0 Å². The van der Waals surface area contributed by atoms with Gasteiger partial charge in [-0.3, -0.25) is 0 Å². The minimum Gasteiger partial charge on any atom is -0.306 e. The number of halogens is 2. The molecule has 2 heterocycles. The van der Waals surface area contributed by atoms with Crippen LogP contribution < -0.4 is 0 Å². The topological polar surface area (TPSA) is 3.24 Å². The number of hydrogen-bond acceptors (Lipinski definition) is 2. The standard InChI is InChI=1S/C14H15F2NS/c1-17-4-2-9(3-5-17)11-8-18-14-7-13(16)12(15)6-10(11)14/h6-9H,2-5H2,1H3. The van der Waals surface area contributed by atoms with Gasteiger partial charge in [0.2, 0.25) is 0 Å². The molecule has 0 atom stereocenters. The van der Waals surface area contributed by atoms with Crippen LogP contribution in [0.3, 0.4) is 0 Å². The second-order valence-corrected chi connectivity index (χ2v) is 5.94. The lowest BCUT2D eigenvalue weighted by Crippen LogP contribution is -2.29. The summed E-state index contributed by atoms with van der Waals surface area (Å²) in [5, 5.41) is 2.97. The van der Waals surface area contributed by atoms with Crippen molar-refractivity contribution in [1.82, 2.24) is 4.90 Å². The van der Waals surface area contributed by atoms with Crippen LogP contribution in [-0.4, -0.2) is 25.0 Å². The molecule has 3 rings (SSSR count). The fraction of sp³-hybridized carbons (Fsp3) is 0.429. The Hall–Kier alpha value is -1.00. The summed E-state index contributed by atoms with van der Waals surface area (Å²) in [7, 11) is 2.12. The number of hydrogen-bond donors (Lipinski definition) is 0. The van der Waals surface area contributed by atoms with Crippen LogP contribution >= 0.6 is 11.3 Å². The largest absolute Gasteiger partial charge is 0.306 e. The van der Waals surface area contributed by atoms with E-state index in [9.17, 15) is 8.78 Å². The van der Waals surface area contributed by atoms with E-state index in [1.807, 2.05) is 0 Å². The van der Waals surface area contributed by atoms with E-state index in [0.717, 1.165) is 36.0 Å². The fourth-order valence-corrected chi connectivity index (χ4v) is 3.73. The molecule has 1 aliphatic rings. The quantitative estimate of drug-likeness (QED) is 0.755. The van der Waals surface area contributed by atoms with E-state index in [0.29, 0.717) is 5.92 Å². The van der Waals surface area contributed by atoms with Gasteiger partial charge in [-0.15, -0.1) is 11.3 Å². The molecular formula is C14H15F2NS. The van der Waals surface area contributed by atoms with Crippen molar-refractivity contribution >= 4 is 21.4 Å². The molecule has 0 saturated carbocycles. The second-order valence-electron chi connectivity index (χ2n) is 5.03. The molecule has 0 N–H and O–H groups in total. The van der Waals surface area contributed by atoms with Gasteiger partial charge in [-0.25, -0.2) is 8.78 Å². The third-order valence-electron chi connectivity index (χ3n) is 3.80. The summed E-state index contributed by atoms with van der Waals surface area (Å²) in [5.74, 6) is -1.01. The number of likely N-dealkylation sites (tertiary alicyclic amines) is 1. The number of rotatable bonds is 1. The van der Waals surface area contributed by atoms with Gasteiger partial charge in [0.1, 0.15) is 0 Å². The van der Waals surface area contributed by atoms with Crippen molar-refractivity contribution < 1.29 is 8.78 Å². The van der Waals surface area contributed by atoms with E-state index in [2.05, 4.69) is 17.3 Å². The Bertz CT molecular complexity index is 570. The molecule has 1 aromatic heterocycles. The highest BCUT2D eigenvalue weighted by atomic mass is 32.1. The maximum atomic E-state index is 13.4. The summed E-state index contributed by atoms with van der Waals surface area (Å²) in [4.78, 5) is 2.31. The van der Waals surface area contributed by atoms with Crippen molar-refractivity contribution in [2.24, 2.45) is 0 Å². The first-order chi connectivity index (χ1) is 8.65. The minimum atomic E-state index is -0.751. The molecule has 1 nitrogen and oxygen atoms in total. The zero-order chi connectivity index (χ0) is 12.7. The Morgan fingerprint density at radius 2 is 1.83 bits per heavy atom. The van der Waals surface area contributed by atoms with Crippen molar-refractivity contribution in [2.75, 3.05) is 20.1 Å². The Balaban J connectivity index is 1.99. The first kappa shape index (κ1) is 12.1. The van der Waals surface area contributed by atoms with Crippen molar-refractivity contribution in [3.05, 3.63) is 34.7 Å². The Morgan fingerprint density at radius 3 is 2.56 bits per heavy atom. The Labute approximate surface area is 109 Å². The van der Waals surface area contributed by atoms with E-state index in [1.165, 1.54) is 29.0 Å². The minimum absolute atomic E-state index is 0.486. The highest BCUT2D eigenvalue weighted by Gasteiger charge is 2.21. The van der Waals surface area contributed by atoms with Gasteiger partial charge in [0, 0.05) is 4.70 Å². The zero-order valence-corrected chi connectivity index (χ0v) is 11.1. The summed E-state index contributed by atoms with van der Waals surface area (Å²) < 4.78 is 27.4. The second kappa shape index (κ2) is 4.59. The Kier molecular flexibility index (Phi) is 3.08. The molecule has 1 fully saturated rings. The van der Waals surface area contributed by atoms with Crippen LogP contribution in [0.1, 0.15) is 24.3 Å². The van der Waals surface area contributed by atoms with E-state index < -0.39 is 11.6 Å². The van der Waals surface area contributed by atoms with Crippen LogP contribution in [0.5, 0.6) is 0 Å². The lowest BCUT2D eigenvalue weighted by atomic mass is 9.89. The highest BCUT2D eigenvalue weighted by Crippen LogP contribution is 2.37. The van der Waals surface area contributed by atoms with Gasteiger partial charge < -0.3 is 4.90 Å². The summed E-state index contributed by atoms with van der Waals surface area (Å²) in [6.45, 7) is 2.15. The fourth-order valence-electron chi connectivity index (χ4n) is 2.68. The Morgan fingerprint density at radius 1 is 1.17 bits per heavy atom. The van der Waals surface area contributed by atoms with Gasteiger partial charge in [0.15, 0.2) is 11.6 Å². The van der Waals surface area contributed by atoms with Gasteiger partial charge in [0.25, 0.3) is 0 Å². The van der Waals surface area contributed by atoms with Gasteiger partial charge in [-0.05, 0) is 67.4 Å². The number of piperidine rings is 1. The summed E-state index contributed by atoms with van der Waals surface area (Å²) >= 11 is 1.51. The normalized spacial score (nSPS) is 18.6. The van der Waals surface area contributed by atoms with E-state index in [1.54, 1.807) is 0 Å². The van der Waals surface area contributed by atoms with E-state index in [-0.39, 0.29) is 0 Å². The maximum Gasteiger partial charge on any atom is 0.160 e. The van der Waals surface area contributed by atoms with Gasteiger partial charge in [-0.2, -0.15) is 0 Å². The zero-order valence-electron chi connectivity index (χ0n) is 10.2. The number of thiophene rings is 1. The highest BCUT2D eigenvalue weighted by molar-refractivity contribution is 7.17. The first-order valence-electron chi connectivity index (χ1n) is 6.20. The molecule has 2 aromatic rings. The number of nitrogens with zero attached hydrogens (tertiary/aromatic N) is 1. The van der Waals surface area contributed by atoms with Crippen molar-refractivity contribution in [3.63, 3.8) is 0 Å². The van der Waals surface area contributed by atoms with Crippen molar-refractivity contribution in [1.29, 1.82) is 0 Å². The molecule has 4 heteroatoms. The molecule has 18 heavy (non-hydrogen) atoms. The van der Waals surface area contributed by atoms with Crippen molar-refractivity contribution in [3.8, 4) is 0 Å². The average molecular weight is 267 g/mol. The van der Waals surface area contributed by atoms with E-state index >= 15 is 0 Å². The lowest BCUT2D eigenvalue weighted by molar-refractivity contribution is 0.256. The van der Waals surface area contributed by atoms with Gasteiger partial charge in [-0.1, -0.05) is 0 Å². The molecule has 0 bridgehead atoms. The average Bonchev–Trinajstić information content (AvgIpc) is 2.74.